The van der Waals surface area contributed by atoms with Gasteiger partial charge in [0.15, 0.2) is 0 Å². The molecule has 148 heavy (non-hydrogen) atoms. The highest BCUT2D eigenvalue weighted by Crippen LogP contribution is 2.53. The second-order valence-electron chi connectivity index (χ2n) is 42.9. The number of carbonyl (C=O) groups is 7. The topological polar surface area (TPSA) is 194 Å². The van der Waals surface area contributed by atoms with E-state index in [4.69, 9.17) is 10.5 Å². The predicted molar refractivity (Wildman–Crippen MR) is 545 cm³/mol. The van der Waals surface area contributed by atoms with Gasteiger partial charge in [-0.25, -0.2) is 24.0 Å². The molecule has 9 amide bonds. The summed E-state index contributed by atoms with van der Waals surface area (Å²) in [6.45, 7) is 35.9. The van der Waals surface area contributed by atoms with Crippen molar-refractivity contribution in [3.8, 4) is 0 Å². The number of likely N-dealkylation sites (tertiary alicyclic amines) is 8. The number of hydrogen-bond donors (Lipinski definition) is 1. The van der Waals surface area contributed by atoms with Gasteiger partial charge >= 0.3 is 54.8 Å². The molecular formula is C115H141F12N13O8. The lowest BCUT2D eigenvalue weighted by molar-refractivity contribution is -0.138. The van der Waals surface area contributed by atoms with Crippen molar-refractivity contribution in [3.63, 3.8) is 0 Å². The fraction of sp³-hybridized carbons (Fsp3) is 0.504. The molecule has 0 spiro atoms. The van der Waals surface area contributed by atoms with Crippen LogP contribution in [0, 0.1) is 103 Å². The standard InChI is InChI=1S/C30H34F3N3O3.C29H38F3N3O.C28H35F3N4O2.C28H34F3N3O2/c1-18-11-22(13-23(12-18)30(31,32)33)20(3)34(4)29(38)36-10-9-21-15-35(24-14-27(37)39-17-24)16-26(21)28(36)25-8-6-5-7-19(25)2;1-18(2)34-16-22-11-12-35(27(26(22)17-34)25-10-8-7-9-20(25)4)28(36)33(6)21(5)23-13-19(3)14-24(15-23)29(30,31)32;1-17-11-21(13-22(12-17)28(29,30)31)19(3)33(4)27(37)35-10-9-20-14-34(16-25(32)36)15-24(20)26(35)23-8-6-5-7-18(23)2;1-18-13-22(15-23(14-18)28(29,30)31)20(3)32(4)27(36)34-10-9-21-16-33(11-12-35)17-25(21)26(34)24-8-6-5-7-19(24)2/h5-8,11-14,20-21,26,28H,9-10,15-17H2,1-4H3;7-10,13-15,18,21-22,26-27H,11-12,16-17H2,1-6H3;5-8,11-13,19-20,24,26H,9-10,14-16H2,1-4H3,(H2,32,36);5-8,12-15,20-21,25-26H,9-11,16-17H2,1-4H3/t20-,21-,26?,28+;21-,22-,26?,27+;19-,20-,24?,26+;20-,21-,25?,26+/m1111/s1. The number of nitrogens with two attached hydrogens (primary N) is 1. The van der Waals surface area contributed by atoms with Crippen LogP contribution in [0.1, 0.15) is 227 Å². The highest BCUT2D eigenvalue weighted by molar-refractivity contribution is 5.85. The number of halogens is 12. The normalized spacial score (nSPS) is 23.4. The average Bonchev–Trinajstić information content (AvgIpc) is 1.60. The molecule has 8 fully saturated rings. The first-order valence-corrected chi connectivity index (χ1v) is 51.3. The molecule has 9 heterocycles. The van der Waals surface area contributed by atoms with Crippen molar-refractivity contribution in [1.29, 1.82) is 0 Å². The zero-order chi connectivity index (χ0) is 108. The van der Waals surface area contributed by atoms with Gasteiger partial charge in [0, 0.05) is 143 Å². The molecule has 8 saturated heterocycles. The number of rotatable bonds is 18. The van der Waals surface area contributed by atoms with E-state index in [-0.39, 0.29) is 91.1 Å². The minimum Gasteiger partial charge on any atom is -0.456 e. The molecule has 0 aromatic heterocycles. The van der Waals surface area contributed by atoms with Gasteiger partial charge in [-0.1, -0.05) is 144 Å². The number of primary amides is 1. The molecule has 8 aromatic rings. The van der Waals surface area contributed by atoms with E-state index in [0.29, 0.717) is 126 Å². The molecule has 9 aliphatic heterocycles. The first kappa shape index (κ1) is 112. The summed E-state index contributed by atoms with van der Waals surface area (Å²) >= 11 is 0. The molecule has 0 bridgehead atoms. The number of aldehydes is 1. The number of cyclic esters (lactones) is 1. The number of piperidine rings is 4. The minimum atomic E-state index is -4.46. The largest absolute Gasteiger partial charge is 0.456 e. The lowest BCUT2D eigenvalue weighted by Gasteiger charge is -2.45. The van der Waals surface area contributed by atoms with Crippen LogP contribution >= 0.6 is 0 Å². The van der Waals surface area contributed by atoms with Gasteiger partial charge in [0.1, 0.15) is 12.9 Å². The molecule has 33 heteroatoms. The number of carbonyl (C=O) groups excluding carboxylic acids is 7. The Hall–Kier alpha value is -12.0. The van der Waals surface area contributed by atoms with E-state index < -0.39 is 71.1 Å². The number of fused-ring (bicyclic) bond motifs is 4. The Kier molecular flexibility index (Phi) is 34.6. The summed E-state index contributed by atoms with van der Waals surface area (Å²) in [5.74, 6) is 1.64. The van der Waals surface area contributed by atoms with Crippen LogP contribution in [-0.4, -0.2) is 234 Å². The van der Waals surface area contributed by atoms with Crippen molar-refractivity contribution >= 4 is 42.3 Å². The van der Waals surface area contributed by atoms with Crippen LogP contribution < -0.4 is 5.73 Å². The number of aryl methyl sites for hydroxylation is 8. The summed E-state index contributed by atoms with van der Waals surface area (Å²) in [4.78, 5) is 113. The number of alkyl halides is 12. The van der Waals surface area contributed by atoms with Gasteiger partial charge in [-0.15, -0.1) is 0 Å². The summed E-state index contributed by atoms with van der Waals surface area (Å²) in [7, 11) is 6.68. The van der Waals surface area contributed by atoms with Crippen LogP contribution in [0.4, 0.5) is 71.9 Å². The zero-order valence-electron chi connectivity index (χ0n) is 87.8. The summed E-state index contributed by atoms with van der Waals surface area (Å²) in [5, 5.41) is 0. The highest BCUT2D eigenvalue weighted by atomic mass is 19.4. The van der Waals surface area contributed by atoms with Gasteiger partial charge in [0.2, 0.25) is 5.91 Å². The number of esters is 1. The van der Waals surface area contributed by atoms with Crippen LogP contribution in [0.15, 0.2) is 182 Å². The summed E-state index contributed by atoms with van der Waals surface area (Å²) < 4.78 is 167. The molecule has 8 aromatic carbocycles. The fourth-order valence-corrected chi connectivity index (χ4v) is 24.3. The van der Waals surface area contributed by atoms with E-state index in [0.717, 1.165) is 158 Å². The number of hydrogen-bond acceptors (Lipinski definition) is 12. The average molecular weight is 2060 g/mol. The molecule has 16 atom stereocenters. The number of benzene rings is 8. The van der Waals surface area contributed by atoms with Crippen LogP contribution in [0.5, 0.6) is 0 Å². The summed E-state index contributed by atoms with van der Waals surface area (Å²) in [6, 6.07) is 45.3. The fourth-order valence-electron chi connectivity index (χ4n) is 24.3. The zero-order valence-corrected chi connectivity index (χ0v) is 87.8. The Morgan fingerprint density at radius 2 is 0.655 bits per heavy atom. The summed E-state index contributed by atoms with van der Waals surface area (Å²) in [5.41, 5.74) is 16.2. The molecule has 4 unspecified atom stereocenters. The van der Waals surface area contributed by atoms with Crippen molar-refractivity contribution in [2.45, 2.75) is 202 Å². The molecule has 798 valence electrons. The first-order valence-electron chi connectivity index (χ1n) is 51.3. The Morgan fingerprint density at radius 1 is 0.378 bits per heavy atom. The molecular weight excluding hydrogens is 1920 g/mol. The van der Waals surface area contributed by atoms with Gasteiger partial charge in [-0.2, -0.15) is 52.7 Å². The van der Waals surface area contributed by atoms with Crippen molar-refractivity contribution < 1.29 is 91.0 Å². The van der Waals surface area contributed by atoms with Crippen LogP contribution in [-0.2, 0) is 43.8 Å². The smallest absolute Gasteiger partial charge is 0.416 e. The number of amides is 9. The predicted octanol–water partition coefficient (Wildman–Crippen LogP) is 23.3. The van der Waals surface area contributed by atoms with Gasteiger partial charge in [-0.05, 0) is 262 Å². The van der Waals surface area contributed by atoms with E-state index in [1.807, 2.05) is 113 Å². The maximum Gasteiger partial charge on any atom is 0.416 e. The van der Waals surface area contributed by atoms with Crippen molar-refractivity contribution in [1.82, 2.24) is 58.8 Å². The van der Waals surface area contributed by atoms with Gasteiger partial charge in [0.05, 0.1) is 89.4 Å². The van der Waals surface area contributed by atoms with Crippen molar-refractivity contribution in [2.24, 2.45) is 53.1 Å². The molecule has 0 aliphatic carbocycles. The van der Waals surface area contributed by atoms with Crippen molar-refractivity contribution in [2.75, 3.05) is 126 Å². The second kappa shape index (κ2) is 45.8. The first-order chi connectivity index (χ1) is 69.7. The third-order valence-electron chi connectivity index (χ3n) is 32.7. The van der Waals surface area contributed by atoms with E-state index in [2.05, 4.69) is 64.6 Å². The van der Waals surface area contributed by atoms with Gasteiger partial charge < -0.3 is 64.3 Å². The van der Waals surface area contributed by atoms with Crippen LogP contribution in [0.25, 0.3) is 0 Å². The number of nitrogens with zero attached hydrogens (tertiary/aromatic N) is 12. The van der Waals surface area contributed by atoms with Crippen molar-refractivity contribution in [3.05, 3.63) is 293 Å². The second-order valence-corrected chi connectivity index (χ2v) is 42.9. The van der Waals surface area contributed by atoms with Crippen LogP contribution in [0.2, 0.25) is 0 Å². The van der Waals surface area contributed by atoms with Gasteiger partial charge in [-0.3, -0.25) is 14.6 Å². The Morgan fingerprint density at radius 3 is 0.932 bits per heavy atom. The number of ether oxygens (including phenoxy) is 1. The molecule has 21 nitrogen and oxygen atoms in total. The van der Waals surface area contributed by atoms with E-state index in [1.54, 1.807) is 129 Å². The molecule has 0 radical (unpaired) electrons. The third kappa shape index (κ3) is 25.0. The van der Waals surface area contributed by atoms with E-state index in [9.17, 15) is 86.2 Å². The maximum absolute atomic E-state index is 14.1. The van der Waals surface area contributed by atoms with E-state index in [1.165, 1.54) is 16.5 Å². The molecule has 0 saturated carbocycles. The number of urea groups is 4. The minimum absolute atomic E-state index is 0.0564. The molecule has 9 aliphatic rings. The summed E-state index contributed by atoms with van der Waals surface area (Å²) in [6.07, 6.45) is -11.9. The molecule has 2 N–H and O–H groups in total. The third-order valence-corrected chi connectivity index (χ3v) is 32.7. The Bertz CT molecular complexity index is 6150. The Labute approximate surface area is 861 Å². The van der Waals surface area contributed by atoms with E-state index >= 15 is 0 Å². The SMILES string of the molecule is Cc1cc([C@@H](C)N(C)C(=O)N2CC[C@@H]3CN(C(C)C)CC3[C@@H]2c2ccccc2C)cc(C(F)(F)F)c1.Cc1cc([C@@H](C)N(C)C(=O)N2CC[C@@H]3CN(C4=CC(=O)OC4)CC3[C@@H]2c2ccccc2C)cc(C(F)(F)F)c1.Cc1cc([C@@H](C)N(C)C(=O)N2CC[C@@H]3CN(CC(N)=O)CC3[C@@H]2c2ccccc2C)cc(C(F)(F)F)c1.Cc1cc([C@@H](C)N(C)C(=O)N2CC[C@@H]3CN(CC=O)CC3[C@@H]2c2ccccc2C)cc(C(F)(F)F)c1. The lowest BCUT2D eigenvalue weighted by Crippen LogP contribution is -2.51. The Balaban J connectivity index is 0.000000156. The van der Waals surface area contributed by atoms with Gasteiger partial charge in [0.25, 0.3) is 0 Å². The monoisotopic (exact) mass is 2060 g/mol. The maximum atomic E-state index is 14.1. The lowest BCUT2D eigenvalue weighted by atomic mass is 9.78. The van der Waals surface area contributed by atoms with Crippen LogP contribution in [0.3, 0.4) is 0 Å². The quantitative estimate of drug-likeness (QED) is 0.0486. The highest BCUT2D eigenvalue weighted by Gasteiger charge is 2.54. The molecule has 17 rings (SSSR count).